The summed E-state index contributed by atoms with van der Waals surface area (Å²) in [7, 11) is 1.57. The minimum atomic E-state index is -0.376. The molecule has 84 valence electrons. The first kappa shape index (κ1) is 11.8. The molecule has 1 aromatic rings. The summed E-state index contributed by atoms with van der Waals surface area (Å²) in [5.41, 5.74) is 6.47. The van der Waals surface area contributed by atoms with Crippen molar-refractivity contribution in [1.29, 1.82) is 0 Å². The Morgan fingerprint density at radius 1 is 1.33 bits per heavy atom. The van der Waals surface area contributed by atoms with Crippen LogP contribution in [0.2, 0.25) is 0 Å². The minimum absolute atomic E-state index is 0.348. The first-order valence-corrected chi connectivity index (χ1v) is 4.87. The van der Waals surface area contributed by atoms with E-state index in [1.807, 2.05) is 12.1 Å². The molecule has 0 saturated carbocycles. The van der Waals surface area contributed by atoms with Crippen LogP contribution < -0.4 is 15.2 Å². The molecule has 1 aromatic carbocycles. The van der Waals surface area contributed by atoms with Crippen molar-refractivity contribution in [2.75, 3.05) is 20.4 Å². The number of alkyl halides is 1. The number of nitrogens with two attached hydrogens (primary N) is 1. The van der Waals surface area contributed by atoms with Gasteiger partial charge in [-0.15, -0.1) is 0 Å². The van der Waals surface area contributed by atoms with Crippen molar-refractivity contribution in [2.24, 2.45) is 5.73 Å². The second-order valence-corrected chi connectivity index (χ2v) is 3.08. The number of halogens is 1. The van der Waals surface area contributed by atoms with Gasteiger partial charge in [-0.25, -0.2) is 0 Å². The average molecular weight is 213 g/mol. The molecule has 0 spiro atoms. The first-order valence-electron chi connectivity index (χ1n) is 4.87. The lowest BCUT2D eigenvalue weighted by atomic mass is 10.2. The summed E-state index contributed by atoms with van der Waals surface area (Å²) in [5.74, 6) is 1.26. The van der Waals surface area contributed by atoms with E-state index in [2.05, 4.69) is 0 Å². The smallest absolute Gasteiger partial charge is 0.161 e. The zero-order valence-electron chi connectivity index (χ0n) is 8.83. The van der Waals surface area contributed by atoms with Gasteiger partial charge in [-0.2, -0.15) is 0 Å². The Morgan fingerprint density at radius 2 is 2.13 bits per heavy atom. The van der Waals surface area contributed by atoms with Crippen LogP contribution in [0, 0.1) is 0 Å². The zero-order chi connectivity index (χ0) is 11.1. The van der Waals surface area contributed by atoms with Gasteiger partial charge in [0.1, 0.15) is 0 Å². The van der Waals surface area contributed by atoms with E-state index in [9.17, 15) is 4.39 Å². The Morgan fingerprint density at radius 3 is 2.73 bits per heavy atom. The fourth-order valence-electron chi connectivity index (χ4n) is 1.20. The minimum Gasteiger partial charge on any atom is -0.493 e. The number of rotatable bonds is 6. The zero-order valence-corrected chi connectivity index (χ0v) is 8.83. The van der Waals surface area contributed by atoms with Crippen molar-refractivity contribution in [3.8, 4) is 11.5 Å². The Balaban J connectivity index is 2.72. The molecule has 3 nitrogen and oxygen atoms in total. The van der Waals surface area contributed by atoms with Gasteiger partial charge in [-0.1, -0.05) is 6.07 Å². The van der Waals surface area contributed by atoms with Gasteiger partial charge < -0.3 is 15.2 Å². The summed E-state index contributed by atoms with van der Waals surface area (Å²) < 4.78 is 22.4. The van der Waals surface area contributed by atoms with E-state index >= 15 is 0 Å². The summed E-state index contributed by atoms with van der Waals surface area (Å²) in [6.07, 6.45) is 0.385. The van der Waals surface area contributed by atoms with Crippen LogP contribution in [0.25, 0.3) is 0 Å². The number of methoxy groups -OCH3 is 1. The summed E-state index contributed by atoms with van der Waals surface area (Å²) in [5, 5.41) is 0. The van der Waals surface area contributed by atoms with Gasteiger partial charge >= 0.3 is 0 Å². The number of hydrogen-bond acceptors (Lipinski definition) is 3. The van der Waals surface area contributed by atoms with Crippen molar-refractivity contribution in [3.63, 3.8) is 0 Å². The Labute approximate surface area is 89.0 Å². The van der Waals surface area contributed by atoms with Crippen LogP contribution in [-0.4, -0.2) is 20.4 Å². The van der Waals surface area contributed by atoms with Crippen LogP contribution >= 0.6 is 0 Å². The largest absolute Gasteiger partial charge is 0.493 e. The van der Waals surface area contributed by atoms with Crippen molar-refractivity contribution in [1.82, 2.24) is 0 Å². The molecule has 15 heavy (non-hydrogen) atoms. The molecule has 0 saturated heterocycles. The number of hydrogen-bond donors (Lipinski definition) is 1. The van der Waals surface area contributed by atoms with Gasteiger partial charge in [-0.05, 0) is 17.7 Å². The second kappa shape index (κ2) is 6.24. The van der Waals surface area contributed by atoms with E-state index in [1.54, 1.807) is 13.2 Å². The predicted octanol–water partition coefficient (Wildman–Crippen LogP) is 1.89. The molecule has 0 radical (unpaired) electrons. The number of ether oxygens (including phenoxy) is 2. The molecular weight excluding hydrogens is 197 g/mol. The molecule has 4 heteroatoms. The standard InChI is InChI=1S/C11H16FNO2/c1-14-10-4-3-9(8-13)7-11(10)15-6-2-5-12/h3-4,7H,2,5-6,8,13H2,1H3. The Bertz CT molecular complexity index is 305. The highest BCUT2D eigenvalue weighted by Crippen LogP contribution is 2.27. The van der Waals surface area contributed by atoms with Gasteiger partial charge in [0.2, 0.25) is 0 Å². The Hall–Kier alpha value is -1.29. The third-order valence-electron chi connectivity index (χ3n) is 2.00. The van der Waals surface area contributed by atoms with Crippen LogP contribution in [-0.2, 0) is 6.54 Å². The SMILES string of the molecule is COc1ccc(CN)cc1OCCCF. The molecule has 2 N–H and O–H groups in total. The third-order valence-corrected chi connectivity index (χ3v) is 2.00. The predicted molar refractivity (Wildman–Crippen MR) is 57.0 cm³/mol. The fraction of sp³-hybridized carbons (Fsp3) is 0.455. The van der Waals surface area contributed by atoms with Gasteiger partial charge in [0.05, 0.1) is 20.4 Å². The summed E-state index contributed by atoms with van der Waals surface area (Å²) in [4.78, 5) is 0. The normalized spacial score (nSPS) is 10.1. The molecule has 0 fully saturated rings. The second-order valence-electron chi connectivity index (χ2n) is 3.08. The van der Waals surface area contributed by atoms with Crippen LogP contribution in [0.1, 0.15) is 12.0 Å². The van der Waals surface area contributed by atoms with Gasteiger partial charge in [0, 0.05) is 13.0 Å². The molecule has 0 aliphatic carbocycles. The van der Waals surface area contributed by atoms with Crippen molar-refractivity contribution >= 4 is 0 Å². The van der Waals surface area contributed by atoms with Crippen LogP contribution in [0.3, 0.4) is 0 Å². The number of benzene rings is 1. The lowest BCUT2D eigenvalue weighted by molar-refractivity contribution is 0.273. The van der Waals surface area contributed by atoms with Crippen LogP contribution in [0.5, 0.6) is 11.5 Å². The van der Waals surface area contributed by atoms with E-state index in [1.165, 1.54) is 0 Å². The quantitative estimate of drug-likeness (QED) is 0.734. The van der Waals surface area contributed by atoms with Crippen molar-refractivity contribution < 1.29 is 13.9 Å². The highest BCUT2D eigenvalue weighted by Gasteiger charge is 2.04. The van der Waals surface area contributed by atoms with Gasteiger partial charge in [-0.3, -0.25) is 4.39 Å². The lowest BCUT2D eigenvalue weighted by Gasteiger charge is -2.11. The molecule has 0 aromatic heterocycles. The molecule has 0 aliphatic rings. The maximum Gasteiger partial charge on any atom is 0.161 e. The van der Waals surface area contributed by atoms with Crippen molar-refractivity contribution in [3.05, 3.63) is 23.8 Å². The maximum atomic E-state index is 11.9. The molecule has 0 heterocycles. The maximum absolute atomic E-state index is 11.9. The summed E-state index contributed by atoms with van der Waals surface area (Å²) in [6, 6.07) is 5.49. The van der Waals surface area contributed by atoms with E-state index < -0.39 is 0 Å². The lowest BCUT2D eigenvalue weighted by Crippen LogP contribution is -2.02. The highest BCUT2D eigenvalue weighted by molar-refractivity contribution is 5.42. The fourth-order valence-corrected chi connectivity index (χ4v) is 1.20. The molecule has 0 bridgehead atoms. The highest BCUT2D eigenvalue weighted by atomic mass is 19.1. The monoisotopic (exact) mass is 213 g/mol. The molecule has 0 atom stereocenters. The topological polar surface area (TPSA) is 44.5 Å². The van der Waals surface area contributed by atoms with Crippen LogP contribution in [0.15, 0.2) is 18.2 Å². The van der Waals surface area contributed by atoms with Gasteiger partial charge in [0.15, 0.2) is 11.5 Å². The summed E-state index contributed by atoms with van der Waals surface area (Å²) in [6.45, 7) is 0.420. The molecular formula is C11H16FNO2. The van der Waals surface area contributed by atoms with E-state index in [0.29, 0.717) is 31.1 Å². The molecule has 0 amide bonds. The average Bonchev–Trinajstić information content (AvgIpc) is 2.29. The van der Waals surface area contributed by atoms with Crippen molar-refractivity contribution in [2.45, 2.75) is 13.0 Å². The van der Waals surface area contributed by atoms with Gasteiger partial charge in [0.25, 0.3) is 0 Å². The van der Waals surface area contributed by atoms with E-state index in [0.717, 1.165) is 5.56 Å². The van der Waals surface area contributed by atoms with E-state index in [-0.39, 0.29) is 6.67 Å². The molecule has 0 aliphatic heterocycles. The Kier molecular flexibility index (Phi) is 4.90. The third kappa shape index (κ3) is 3.40. The first-order chi connectivity index (χ1) is 7.31. The molecule has 0 unspecified atom stereocenters. The van der Waals surface area contributed by atoms with E-state index in [4.69, 9.17) is 15.2 Å². The van der Waals surface area contributed by atoms with Crippen LogP contribution in [0.4, 0.5) is 4.39 Å². The molecule has 1 rings (SSSR count). The summed E-state index contributed by atoms with van der Waals surface area (Å²) >= 11 is 0.